The average molecular weight is 359 g/mol. The Kier molecular flexibility index (Phi) is 7.36. The molecule has 0 spiro atoms. The molecule has 0 bridgehead atoms. The lowest BCUT2D eigenvalue weighted by Crippen LogP contribution is -2.39. The molecule has 26 heavy (non-hydrogen) atoms. The van der Waals surface area contributed by atoms with Gasteiger partial charge in [0, 0.05) is 6.54 Å². The molecule has 0 aromatic heterocycles. The van der Waals surface area contributed by atoms with Crippen molar-refractivity contribution in [1.82, 2.24) is 10.2 Å². The van der Waals surface area contributed by atoms with E-state index in [0.717, 1.165) is 31.7 Å². The zero-order chi connectivity index (χ0) is 18.2. The Balaban J connectivity index is 1.43. The number of rotatable bonds is 8. The van der Waals surface area contributed by atoms with Gasteiger partial charge in [-0.25, -0.2) is 0 Å². The van der Waals surface area contributed by atoms with Crippen LogP contribution in [-0.2, 0) is 17.6 Å². The van der Waals surface area contributed by atoms with E-state index in [4.69, 9.17) is 4.74 Å². The third-order valence-corrected chi connectivity index (χ3v) is 5.66. The second kappa shape index (κ2) is 9.96. The summed E-state index contributed by atoms with van der Waals surface area (Å²) in [5.74, 6) is 0.852. The van der Waals surface area contributed by atoms with E-state index in [2.05, 4.69) is 22.3 Å². The molecular weight excluding hydrogens is 324 g/mol. The number of aryl methyl sites for hydroxylation is 2. The van der Waals surface area contributed by atoms with Crippen molar-refractivity contribution >= 4 is 5.91 Å². The van der Waals surface area contributed by atoms with Crippen LogP contribution in [-0.4, -0.2) is 43.1 Å². The van der Waals surface area contributed by atoms with E-state index in [1.54, 1.807) is 0 Å². The lowest BCUT2D eigenvalue weighted by atomic mass is 9.92. The number of fused-ring (bicyclic) bond motifs is 1. The molecule has 1 saturated heterocycles. The summed E-state index contributed by atoms with van der Waals surface area (Å²) in [4.78, 5) is 15.0. The maximum atomic E-state index is 12.5. The number of carbonyl (C=O) groups is 1. The van der Waals surface area contributed by atoms with Gasteiger partial charge in [0.05, 0.1) is 0 Å². The molecule has 1 heterocycles. The largest absolute Gasteiger partial charge is 0.481 e. The summed E-state index contributed by atoms with van der Waals surface area (Å²) < 4.78 is 6.02. The first kappa shape index (κ1) is 19.2. The highest BCUT2D eigenvalue weighted by atomic mass is 16.5. The molecule has 1 aromatic carbocycles. The molecule has 1 aliphatic heterocycles. The molecule has 3 rings (SSSR count). The van der Waals surface area contributed by atoms with E-state index in [-0.39, 0.29) is 5.91 Å². The average Bonchev–Trinajstić information content (AvgIpc) is 2.70. The first-order valence-electron chi connectivity index (χ1n) is 10.5. The van der Waals surface area contributed by atoms with E-state index in [9.17, 15) is 4.79 Å². The fraction of sp³-hybridized carbons (Fsp3) is 0.682. The molecule has 1 amide bonds. The van der Waals surface area contributed by atoms with Crippen LogP contribution in [0.3, 0.4) is 0 Å². The molecule has 1 N–H and O–H groups in total. The fourth-order valence-electron chi connectivity index (χ4n) is 4.08. The fourth-order valence-corrected chi connectivity index (χ4v) is 4.08. The standard InChI is InChI=1S/C22H34N2O2/c1-2-21(22(25)23-13-8-16-24-14-6-3-7-15-24)26-20-12-11-18-9-4-5-10-19(18)17-20/h11-12,17,21H,2-10,13-16H2,1H3,(H,23,25)/t21-/m0/s1. The van der Waals surface area contributed by atoms with Crippen LogP contribution in [0.15, 0.2) is 18.2 Å². The summed E-state index contributed by atoms with van der Waals surface area (Å²) in [6.07, 6.45) is 10.2. The van der Waals surface area contributed by atoms with E-state index >= 15 is 0 Å². The van der Waals surface area contributed by atoms with E-state index in [1.807, 2.05) is 13.0 Å². The van der Waals surface area contributed by atoms with Crippen LogP contribution in [0.1, 0.15) is 63.0 Å². The lowest BCUT2D eigenvalue weighted by Gasteiger charge is -2.26. The number of amides is 1. The van der Waals surface area contributed by atoms with Crippen LogP contribution in [0.25, 0.3) is 0 Å². The van der Waals surface area contributed by atoms with Gasteiger partial charge >= 0.3 is 0 Å². The van der Waals surface area contributed by atoms with Crippen molar-refractivity contribution < 1.29 is 9.53 Å². The Labute approximate surface area is 158 Å². The molecule has 0 saturated carbocycles. The summed E-state index contributed by atoms with van der Waals surface area (Å²) in [5.41, 5.74) is 2.84. The van der Waals surface area contributed by atoms with Gasteiger partial charge in [0.15, 0.2) is 6.10 Å². The van der Waals surface area contributed by atoms with Gasteiger partial charge in [-0.05, 0) is 94.3 Å². The number of hydrogen-bond acceptors (Lipinski definition) is 3. The first-order valence-corrected chi connectivity index (χ1v) is 10.5. The van der Waals surface area contributed by atoms with Crippen molar-refractivity contribution in [2.75, 3.05) is 26.2 Å². The zero-order valence-corrected chi connectivity index (χ0v) is 16.3. The topological polar surface area (TPSA) is 41.6 Å². The number of nitrogens with one attached hydrogen (secondary N) is 1. The van der Waals surface area contributed by atoms with Gasteiger partial charge in [-0.15, -0.1) is 0 Å². The summed E-state index contributed by atoms with van der Waals surface area (Å²) in [6.45, 7) is 6.26. The highest BCUT2D eigenvalue weighted by molar-refractivity contribution is 5.81. The molecule has 144 valence electrons. The Hall–Kier alpha value is -1.55. The van der Waals surface area contributed by atoms with E-state index in [0.29, 0.717) is 6.42 Å². The third-order valence-electron chi connectivity index (χ3n) is 5.66. The quantitative estimate of drug-likeness (QED) is 0.720. The highest BCUT2D eigenvalue weighted by Gasteiger charge is 2.19. The minimum absolute atomic E-state index is 0.0175. The first-order chi connectivity index (χ1) is 12.8. The Bertz CT molecular complexity index is 582. The van der Waals surface area contributed by atoms with E-state index < -0.39 is 6.10 Å². The number of ether oxygens (including phenoxy) is 1. The molecule has 1 fully saturated rings. The van der Waals surface area contributed by atoms with Gasteiger partial charge in [0.1, 0.15) is 5.75 Å². The van der Waals surface area contributed by atoms with Gasteiger partial charge in [-0.1, -0.05) is 19.4 Å². The summed E-state index contributed by atoms with van der Waals surface area (Å²) in [6, 6.07) is 6.34. The van der Waals surface area contributed by atoms with Crippen LogP contribution >= 0.6 is 0 Å². The lowest BCUT2D eigenvalue weighted by molar-refractivity contribution is -0.128. The molecule has 0 unspecified atom stereocenters. The van der Waals surface area contributed by atoms with Crippen LogP contribution < -0.4 is 10.1 Å². The van der Waals surface area contributed by atoms with Gasteiger partial charge in [0.2, 0.25) is 0 Å². The number of nitrogens with zero attached hydrogens (tertiary/aromatic N) is 1. The number of piperidine rings is 1. The maximum absolute atomic E-state index is 12.5. The smallest absolute Gasteiger partial charge is 0.261 e. The number of carbonyl (C=O) groups excluding carboxylic acids is 1. The van der Waals surface area contributed by atoms with Crippen LogP contribution in [0, 0.1) is 0 Å². The molecule has 1 atom stereocenters. The van der Waals surface area contributed by atoms with Crippen molar-refractivity contribution in [2.45, 2.75) is 70.8 Å². The Morgan fingerprint density at radius 3 is 2.65 bits per heavy atom. The summed E-state index contributed by atoms with van der Waals surface area (Å²) >= 11 is 0. The van der Waals surface area contributed by atoms with Crippen molar-refractivity contribution in [3.63, 3.8) is 0 Å². The summed E-state index contributed by atoms with van der Waals surface area (Å²) in [7, 11) is 0. The number of hydrogen-bond donors (Lipinski definition) is 1. The molecule has 4 heteroatoms. The molecule has 2 aliphatic rings. The van der Waals surface area contributed by atoms with Crippen molar-refractivity contribution in [3.05, 3.63) is 29.3 Å². The number of likely N-dealkylation sites (tertiary alicyclic amines) is 1. The maximum Gasteiger partial charge on any atom is 0.261 e. The predicted octanol–water partition coefficient (Wildman–Crippen LogP) is 3.72. The Morgan fingerprint density at radius 2 is 1.88 bits per heavy atom. The van der Waals surface area contributed by atoms with Crippen molar-refractivity contribution in [1.29, 1.82) is 0 Å². The van der Waals surface area contributed by atoms with Crippen molar-refractivity contribution in [3.8, 4) is 5.75 Å². The number of benzene rings is 1. The zero-order valence-electron chi connectivity index (χ0n) is 16.3. The molecule has 1 aromatic rings. The van der Waals surface area contributed by atoms with Crippen LogP contribution in [0.5, 0.6) is 5.75 Å². The molecule has 0 radical (unpaired) electrons. The normalized spacial score (nSPS) is 18.8. The highest BCUT2D eigenvalue weighted by Crippen LogP contribution is 2.26. The SMILES string of the molecule is CC[C@H](Oc1ccc2c(c1)CCCC2)C(=O)NCCCN1CCCCC1. The van der Waals surface area contributed by atoms with Gasteiger partial charge in [-0.3, -0.25) is 4.79 Å². The van der Waals surface area contributed by atoms with Crippen molar-refractivity contribution in [2.24, 2.45) is 0 Å². The molecule has 1 aliphatic carbocycles. The second-order valence-electron chi connectivity index (χ2n) is 7.70. The minimum Gasteiger partial charge on any atom is -0.481 e. The Morgan fingerprint density at radius 1 is 1.12 bits per heavy atom. The van der Waals surface area contributed by atoms with Gasteiger partial charge in [-0.2, -0.15) is 0 Å². The molecule has 4 nitrogen and oxygen atoms in total. The monoisotopic (exact) mass is 358 g/mol. The van der Waals surface area contributed by atoms with Crippen LogP contribution in [0.4, 0.5) is 0 Å². The predicted molar refractivity (Wildman–Crippen MR) is 106 cm³/mol. The summed E-state index contributed by atoms with van der Waals surface area (Å²) in [5, 5.41) is 3.07. The van der Waals surface area contributed by atoms with Crippen LogP contribution in [0.2, 0.25) is 0 Å². The second-order valence-corrected chi connectivity index (χ2v) is 7.70. The third kappa shape index (κ3) is 5.47. The van der Waals surface area contributed by atoms with Gasteiger partial charge < -0.3 is 15.0 Å². The minimum atomic E-state index is -0.397. The van der Waals surface area contributed by atoms with Gasteiger partial charge in [0.25, 0.3) is 5.91 Å². The molecular formula is C22H34N2O2. The van der Waals surface area contributed by atoms with E-state index in [1.165, 1.54) is 62.7 Å².